The van der Waals surface area contributed by atoms with Gasteiger partial charge in [0.15, 0.2) is 0 Å². The zero-order valence-electron chi connectivity index (χ0n) is 10.6. The quantitative estimate of drug-likeness (QED) is 0.820. The molecule has 0 amide bonds. The predicted molar refractivity (Wildman–Crippen MR) is 63.6 cm³/mol. The first-order valence-electron chi connectivity index (χ1n) is 6.12. The number of carbonyl (C=O) groups is 1. The van der Waals surface area contributed by atoms with Gasteiger partial charge in [-0.05, 0) is 30.5 Å². The molecule has 0 heterocycles. The molecule has 0 N–H and O–H groups in total. The Bertz CT molecular complexity index is 453. The van der Waals surface area contributed by atoms with Crippen molar-refractivity contribution in [3.05, 3.63) is 35.4 Å². The second-order valence-corrected chi connectivity index (χ2v) is 4.81. The highest BCUT2D eigenvalue weighted by Crippen LogP contribution is 2.40. The Kier molecular flexibility index (Phi) is 3.67. The lowest BCUT2D eigenvalue weighted by Gasteiger charge is -2.36. The smallest absolute Gasteiger partial charge is 0.374 e. The van der Waals surface area contributed by atoms with Gasteiger partial charge in [-0.3, -0.25) is 4.79 Å². The summed E-state index contributed by atoms with van der Waals surface area (Å²) >= 11 is 0. The van der Waals surface area contributed by atoms with E-state index < -0.39 is 17.3 Å². The van der Waals surface area contributed by atoms with Gasteiger partial charge in [-0.2, -0.15) is 13.2 Å². The molecule has 1 saturated carbocycles. The lowest BCUT2D eigenvalue weighted by Crippen LogP contribution is -2.33. The Labute approximate surface area is 109 Å². The molecule has 104 valence electrons. The van der Waals surface area contributed by atoms with Crippen LogP contribution >= 0.6 is 0 Å². The minimum atomic E-state index is -4.33. The average molecular weight is 272 g/mol. The molecule has 0 unspecified atom stereocenters. The third kappa shape index (κ3) is 2.81. The molecule has 0 saturated heterocycles. The van der Waals surface area contributed by atoms with Gasteiger partial charge in [-0.1, -0.05) is 12.1 Å². The minimum Gasteiger partial charge on any atom is -0.374 e. The second kappa shape index (κ2) is 4.96. The topological polar surface area (TPSA) is 26.3 Å². The first-order valence-corrected chi connectivity index (χ1v) is 6.12. The van der Waals surface area contributed by atoms with Crippen molar-refractivity contribution in [1.29, 1.82) is 0 Å². The molecule has 0 aliphatic heterocycles. The van der Waals surface area contributed by atoms with Crippen LogP contribution in [0.25, 0.3) is 0 Å². The average Bonchev–Trinajstić information content (AvgIpc) is 2.39. The molecule has 1 aliphatic carbocycles. The SMILES string of the molecule is COC1(c2ccc(C(F)(F)F)cc2)CCC(=O)CC1. The number of rotatable bonds is 2. The van der Waals surface area contributed by atoms with Gasteiger partial charge in [0, 0.05) is 20.0 Å². The first-order chi connectivity index (χ1) is 8.87. The number of hydrogen-bond acceptors (Lipinski definition) is 2. The van der Waals surface area contributed by atoms with Crippen LogP contribution in [0.15, 0.2) is 24.3 Å². The zero-order valence-corrected chi connectivity index (χ0v) is 10.6. The summed E-state index contributed by atoms with van der Waals surface area (Å²) < 4.78 is 43.0. The van der Waals surface area contributed by atoms with Gasteiger partial charge in [0.2, 0.25) is 0 Å². The van der Waals surface area contributed by atoms with Crippen molar-refractivity contribution >= 4 is 5.78 Å². The molecule has 0 atom stereocenters. The van der Waals surface area contributed by atoms with E-state index in [-0.39, 0.29) is 5.78 Å². The summed E-state index contributed by atoms with van der Waals surface area (Å²) in [5, 5.41) is 0. The van der Waals surface area contributed by atoms with Gasteiger partial charge < -0.3 is 4.74 Å². The lowest BCUT2D eigenvalue weighted by molar-refractivity contribution is -0.137. The maximum Gasteiger partial charge on any atom is 0.416 e. The Hall–Kier alpha value is -1.36. The maximum atomic E-state index is 12.5. The summed E-state index contributed by atoms with van der Waals surface area (Å²) in [7, 11) is 1.54. The number of halogens is 3. The van der Waals surface area contributed by atoms with Crippen molar-refractivity contribution in [3.63, 3.8) is 0 Å². The van der Waals surface area contributed by atoms with Crippen molar-refractivity contribution in [2.45, 2.75) is 37.5 Å². The van der Waals surface area contributed by atoms with Crippen molar-refractivity contribution in [1.82, 2.24) is 0 Å². The van der Waals surface area contributed by atoms with Crippen molar-refractivity contribution in [2.24, 2.45) is 0 Å². The molecular formula is C14H15F3O2. The van der Waals surface area contributed by atoms with Crippen LogP contribution in [0.4, 0.5) is 13.2 Å². The van der Waals surface area contributed by atoms with Crippen molar-refractivity contribution in [3.8, 4) is 0 Å². The number of ether oxygens (including phenoxy) is 1. The van der Waals surface area contributed by atoms with Gasteiger partial charge in [0.1, 0.15) is 5.78 Å². The highest BCUT2D eigenvalue weighted by atomic mass is 19.4. The largest absolute Gasteiger partial charge is 0.416 e. The molecule has 2 rings (SSSR count). The highest BCUT2D eigenvalue weighted by Gasteiger charge is 2.37. The van der Waals surface area contributed by atoms with E-state index in [4.69, 9.17) is 4.74 Å². The lowest BCUT2D eigenvalue weighted by atomic mass is 9.79. The molecule has 1 aromatic rings. The van der Waals surface area contributed by atoms with Gasteiger partial charge >= 0.3 is 6.18 Å². The van der Waals surface area contributed by atoms with E-state index >= 15 is 0 Å². The van der Waals surface area contributed by atoms with E-state index in [0.717, 1.165) is 12.1 Å². The molecule has 0 aromatic heterocycles. The highest BCUT2D eigenvalue weighted by molar-refractivity contribution is 5.79. The van der Waals surface area contributed by atoms with E-state index in [1.54, 1.807) is 0 Å². The predicted octanol–water partition coefficient (Wildman–Crippen LogP) is 3.69. The molecule has 1 fully saturated rings. The van der Waals surface area contributed by atoms with Crippen molar-refractivity contribution in [2.75, 3.05) is 7.11 Å². The fourth-order valence-corrected chi connectivity index (χ4v) is 2.51. The van der Waals surface area contributed by atoms with Crippen LogP contribution in [0.3, 0.4) is 0 Å². The van der Waals surface area contributed by atoms with E-state index in [9.17, 15) is 18.0 Å². The van der Waals surface area contributed by atoms with Gasteiger partial charge in [-0.15, -0.1) is 0 Å². The third-order valence-electron chi connectivity index (χ3n) is 3.74. The Balaban J connectivity index is 2.27. The summed E-state index contributed by atoms with van der Waals surface area (Å²) in [4.78, 5) is 11.3. The number of carbonyl (C=O) groups excluding carboxylic acids is 1. The van der Waals surface area contributed by atoms with Gasteiger partial charge in [0.25, 0.3) is 0 Å². The molecule has 5 heteroatoms. The van der Waals surface area contributed by atoms with Crippen LogP contribution in [-0.4, -0.2) is 12.9 Å². The standard InChI is InChI=1S/C14H15F3O2/c1-19-13(8-6-12(18)7-9-13)10-2-4-11(5-3-10)14(15,16)17/h2-5H,6-9H2,1H3. The molecule has 0 bridgehead atoms. The van der Waals surface area contributed by atoms with Crippen LogP contribution in [0.2, 0.25) is 0 Å². The normalized spacial score (nSPS) is 19.5. The molecule has 1 aromatic carbocycles. The molecule has 2 nitrogen and oxygen atoms in total. The number of Topliss-reactive ketones (excluding diaryl/α,β-unsaturated/α-hetero) is 1. The van der Waals surface area contributed by atoms with Crippen molar-refractivity contribution < 1.29 is 22.7 Å². The van der Waals surface area contributed by atoms with Gasteiger partial charge in [-0.25, -0.2) is 0 Å². The number of ketones is 1. The molecule has 19 heavy (non-hydrogen) atoms. The minimum absolute atomic E-state index is 0.180. The summed E-state index contributed by atoms with van der Waals surface area (Å²) in [5.74, 6) is 0.180. The zero-order chi connectivity index (χ0) is 14.1. The molecular weight excluding hydrogens is 257 g/mol. The van der Waals surface area contributed by atoms with Crippen LogP contribution in [-0.2, 0) is 21.3 Å². The number of alkyl halides is 3. The summed E-state index contributed by atoms with van der Waals surface area (Å²) in [6.45, 7) is 0. The van der Waals surface area contributed by atoms with Crippen LogP contribution in [0, 0.1) is 0 Å². The number of methoxy groups -OCH3 is 1. The molecule has 1 aliphatic rings. The first kappa shape index (κ1) is 14.1. The fourth-order valence-electron chi connectivity index (χ4n) is 2.51. The van der Waals surface area contributed by atoms with Crippen LogP contribution in [0.5, 0.6) is 0 Å². The summed E-state index contributed by atoms with van der Waals surface area (Å²) in [6, 6.07) is 5.02. The molecule has 0 radical (unpaired) electrons. The summed E-state index contributed by atoms with van der Waals surface area (Å²) in [6.07, 6.45) is -2.47. The fraction of sp³-hybridized carbons (Fsp3) is 0.500. The van der Waals surface area contributed by atoms with E-state index in [2.05, 4.69) is 0 Å². The number of hydrogen-bond donors (Lipinski definition) is 0. The maximum absolute atomic E-state index is 12.5. The van der Waals surface area contributed by atoms with Crippen LogP contribution < -0.4 is 0 Å². The Morgan fingerprint density at radius 3 is 2.05 bits per heavy atom. The summed E-state index contributed by atoms with van der Waals surface area (Å²) in [5.41, 5.74) is -0.595. The van der Waals surface area contributed by atoms with Gasteiger partial charge in [0.05, 0.1) is 11.2 Å². The monoisotopic (exact) mass is 272 g/mol. The molecule has 0 spiro atoms. The van der Waals surface area contributed by atoms with E-state index in [1.807, 2.05) is 0 Å². The Morgan fingerprint density at radius 1 is 1.11 bits per heavy atom. The van der Waals surface area contributed by atoms with E-state index in [1.165, 1.54) is 19.2 Å². The van der Waals surface area contributed by atoms with Crippen LogP contribution in [0.1, 0.15) is 36.8 Å². The number of benzene rings is 1. The Morgan fingerprint density at radius 2 is 1.63 bits per heavy atom. The van der Waals surface area contributed by atoms with E-state index in [0.29, 0.717) is 31.2 Å². The second-order valence-electron chi connectivity index (χ2n) is 4.81. The third-order valence-corrected chi connectivity index (χ3v) is 3.74.